The third-order valence-corrected chi connectivity index (χ3v) is 7.38. The molecule has 0 radical (unpaired) electrons. The van der Waals surface area contributed by atoms with Crippen molar-refractivity contribution in [3.05, 3.63) is 65.7 Å². The van der Waals surface area contributed by atoms with Crippen LogP contribution < -0.4 is 4.90 Å². The van der Waals surface area contributed by atoms with Gasteiger partial charge < -0.3 is 15.1 Å². The topological polar surface area (TPSA) is 103 Å². The quantitative estimate of drug-likeness (QED) is 0.329. The molecule has 2 N–H and O–H groups in total. The van der Waals surface area contributed by atoms with Gasteiger partial charge in [-0.2, -0.15) is 13.9 Å². The third kappa shape index (κ3) is 5.36. The Hall–Kier alpha value is -3.68. The average molecular weight is 560 g/mol. The minimum Gasteiger partial charge on any atom is -0.387 e. The third-order valence-electron chi connectivity index (χ3n) is 7.38. The molecule has 212 valence electrons. The van der Waals surface area contributed by atoms with E-state index in [2.05, 4.69) is 15.1 Å². The first-order valence-electron chi connectivity index (χ1n) is 12.7. The summed E-state index contributed by atoms with van der Waals surface area (Å²) < 4.78 is 54.6. The van der Waals surface area contributed by atoms with Crippen molar-refractivity contribution in [3.63, 3.8) is 0 Å². The van der Waals surface area contributed by atoms with Gasteiger partial charge in [0.2, 0.25) is 0 Å². The standard InChI is InChI=1S/C27H29F4N7O2/c1-26(2,39)27(3,40)22-11-20-21(13-32-22)34-23(17-12-33-38(15-17)25(30)31)24(35-20)37-8-6-36(7-9-37)14-16-4-5-18(28)10-19(16)29/h4-5,10-13,15,25,39-40H,6-9,14H2,1-3H3/t27-/m1/s1. The van der Waals surface area contributed by atoms with Crippen LogP contribution in [0.15, 0.2) is 42.9 Å². The van der Waals surface area contributed by atoms with E-state index in [0.29, 0.717) is 71.1 Å². The minimum atomic E-state index is -2.82. The molecule has 0 amide bonds. The molecule has 9 nitrogen and oxygen atoms in total. The van der Waals surface area contributed by atoms with Gasteiger partial charge in [-0.1, -0.05) is 6.07 Å². The first-order valence-corrected chi connectivity index (χ1v) is 12.7. The van der Waals surface area contributed by atoms with E-state index in [1.54, 1.807) is 6.07 Å². The fourth-order valence-corrected chi connectivity index (χ4v) is 4.52. The maximum atomic E-state index is 14.2. The predicted octanol–water partition coefficient (Wildman–Crippen LogP) is 3.86. The fourth-order valence-electron chi connectivity index (χ4n) is 4.52. The summed E-state index contributed by atoms with van der Waals surface area (Å²) >= 11 is 0. The molecular formula is C27H29F4N7O2. The summed E-state index contributed by atoms with van der Waals surface area (Å²) in [7, 11) is 0. The van der Waals surface area contributed by atoms with Gasteiger partial charge in [0.05, 0.1) is 29.2 Å². The summed E-state index contributed by atoms with van der Waals surface area (Å²) in [6.07, 6.45) is 3.90. The van der Waals surface area contributed by atoms with E-state index < -0.39 is 29.4 Å². The molecule has 0 spiro atoms. The molecule has 1 saturated heterocycles. The molecule has 1 aromatic carbocycles. The lowest BCUT2D eigenvalue weighted by Crippen LogP contribution is -2.46. The highest BCUT2D eigenvalue weighted by molar-refractivity contribution is 5.83. The van der Waals surface area contributed by atoms with Crippen molar-refractivity contribution < 1.29 is 27.8 Å². The molecule has 0 aliphatic carbocycles. The number of halogens is 4. The number of aromatic nitrogens is 5. The highest BCUT2D eigenvalue weighted by Gasteiger charge is 2.41. The van der Waals surface area contributed by atoms with E-state index in [1.807, 2.05) is 9.80 Å². The highest BCUT2D eigenvalue weighted by Crippen LogP contribution is 2.35. The molecule has 0 saturated carbocycles. The largest absolute Gasteiger partial charge is 0.387 e. The maximum Gasteiger partial charge on any atom is 0.333 e. The van der Waals surface area contributed by atoms with Gasteiger partial charge in [0.1, 0.15) is 28.4 Å². The molecule has 1 aliphatic rings. The lowest BCUT2D eigenvalue weighted by Gasteiger charge is -2.36. The molecular weight excluding hydrogens is 530 g/mol. The minimum absolute atomic E-state index is 0.192. The number of hydrogen-bond acceptors (Lipinski definition) is 8. The van der Waals surface area contributed by atoms with Crippen LogP contribution in [-0.4, -0.2) is 71.6 Å². The second-order valence-electron chi connectivity index (χ2n) is 10.6. The SMILES string of the molecule is CC(C)(O)[C@](C)(O)c1cc2nc(N3CCN(Cc4ccc(F)cc4F)CC3)c(-c3cnn(C(F)F)c3)nc2cn1. The summed E-state index contributed by atoms with van der Waals surface area (Å²) in [6, 6.07) is 5.06. The lowest BCUT2D eigenvalue weighted by molar-refractivity contribution is -0.127. The van der Waals surface area contributed by atoms with E-state index in [1.165, 1.54) is 51.5 Å². The lowest BCUT2D eigenvalue weighted by atomic mass is 9.84. The van der Waals surface area contributed by atoms with Gasteiger partial charge in [0.15, 0.2) is 5.82 Å². The Morgan fingerprint density at radius 2 is 1.68 bits per heavy atom. The van der Waals surface area contributed by atoms with Gasteiger partial charge in [0.25, 0.3) is 0 Å². The average Bonchev–Trinajstić information content (AvgIpc) is 3.40. The Bertz CT molecular complexity index is 1530. The number of piperazine rings is 1. The Morgan fingerprint density at radius 1 is 0.950 bits per heavy atom. The normalized spacial score (nSPS) is 16.6. The fraction of sp³-hybridized carbons (Fsp3) is 0.407. The van der Waals surface area contributed by atoms with Crippen molar-refractivity contribution in [3.8, 4) is 11.3 Å². The first-order chi connectivity index (χ1) is 18.8. The Balaban J connectivity index is 1.49. The van der Waals surface area contributed by atoms with Crippen LogP contribution in [0, 0.1) is 11.6 Å². The van der Waals surface area contributed by atoms with Crippen LogP contribution in [0.25, 0.3) is 22.3 Å². The molecule has 5 rings (SSSR count). The zero-order chi connectivity index (χ0) is 28.8. The monoisotopic (exact) mass is 559 g/mol. The molecule has 13 heteroatoms. The number of rotatable bonds is 7. The van der Waals surface area contributed by atoms with Gasteiger partial charge in [-0.15, -0.1) is 0 Å². The Morgan fingerprint density at radius 3 is 2.30 bits per heavy atom. The smallest absolute Gasteiger partial charge is 0.333 e. The van der Waals surface area contributed by atoms with Crippen LogP contribution in [0.1, 0.15) is 38.6 Å². The molecule has 4 heterocycles. The van der Waals surface area contributed by atoms with Crippen LogP contribution in [0.5, 0.6) is 0 Å². The summed E-state index contributed by atoms with van der Waals surface area (Å²) in [5, 5.41) is 25.2. The first kappa shape index (κ1) is 27.9. The predicted molar refractivity (Wildman–Crippen MR) is 140 cm³/mol. The number of alkyl halides is 2. The molecule has 40 heavy (non-hydrogen) atoms. The molecule has 1 aliphatic heterocycles. The van der Waals surface area contributed by atoms with Gasteiger partial charge in [-0.25, -0.2) is 23.4 Å². The summed E-state index contributed by atoms with van der Waals surface area (Å²) in [5.74, 6) is -0.812. The zero-order valence-electron chi connectivity index (χ0n) is 22.2. The van der Waals surface area contributed by atoms with Gasteiger partial charge in [0, 0.05) is 56.1 Å². The highest BCUT2D eigenvalue weighted by atomic mass is 19.3. The molecule has 3 aromatic heterocycles. The molecule has 0 bridgehead atoms. The summed E-state index contributed by atoms with van der Waals surface area (Å²) in [6.45, 7) is 3.87. The summed E-state index contributed by atoms with van der Waals surface area (Å²) in [5.41, 5.74) is -1.18. The van der Waals surface area contributed by atoms with Gasteiger partial charge in [-0.05, 0) is 32.9 Å². The Labute approximate surface area is 227 Å². The van der Waals surface area contributed by atoms with Crippen molar-refractivity contribution in [2.75, 3.05) is 31.1 Å². The van der Waals surface area contributed by atoms with E-state index in [9.17, 15) is 27.8 Å². The molecule has 0 unspecified atom stereocenters. The Kier molecular flexibility index (Phi) is 7.23. The number of hydrogen-bond donors (Lipinski definition) is 2. The van der Waals surface area contributed by atoms with Crippen LogP contribution in [-0.2, 0) is 12.1 Å². The van der Waals surface area contributed by atoms with Crippen LogP contribution in [0.4, 0.5) is 23.4 Å². The van der Waals surface area contributed by atoms with Gasteiger partial charge in [-0.3, -0.25) is 9.88 Å². The van der Waals surface area contributed by atoms with Crippen LogP contribution in [0.3, 0.4) is 0 Å². The van der Waals surface area contributed by atoms with Crippen molar-refractivity contribution in [2.45, 2.75) is 45.1 Å². The van der Waals surface area contributed by atoms with E-state index in [4.69, 9.17) is 4.98 Å². The van der Waals surface area contributed by atoms with Crippen molar-refractivity contribution in [1.29, 1.82) is 0 Å². The van der Waals surface area contributed by atoms with Gasteiger partial charge >= 0.3 is 6.55 Å². The van der Waals surface area contributed by atoms with Crippen molar-refractivity contribution in [2.24, 2.45) is 0 Å². The van der Waals surface area contributed by atoms with Crippen LogP contribution in [0.2, 0.25) is 0 Å². The molecule has 4 aromatic rings. The number of aliphatic hydroxyl groups is 2. The second-order valence-corrected chi connectivity index (χ2v) is 10.6. The molecule has 1 atom stereocenters. The second kappa shape index (κ2) is 10.4. The van der Waals surface area contributed by atoms with Crippen molar-refractivity contribution in [1.82, 2.24) is 29.6 Å². The van der Waals surface area contributed by atoms with E-state index >= 15 is 0 Å². The number of fused-ring (bicyclic) bond motifs is 1. The van der Waals surface area contributed by atoms with Crippen LogP contribution >= 0.6 is 0 Å². The zero-order valence-corrected chi connectivity index (χ0v) is 22.2. The maximum absolute atomic E-state index is 14.2. The van der Waals surface area contributed by atoms with Crippen molar-refractivity contribution >= 4 is 16.9 Å². The summed E-state index contributed by atoms with van der Waals surface area (Å²) in [4.78, 5) is 17.7. The number of benzene rings is 1. The number of anilines is 1. The van der Waals surface area contributed by atoms with E-state index in [0.717, 1.165) is 6.07 Å². The number of nitrogens with zero attached hydrogens (tertiary/aromatic N) is 7. The molecule has 1 fully saturated rings. The number of pyridine rings is 1. The van der Waals surface area contributed by atoms with E-state index in [-0.39, 0.29) is 5.69 Å².